The fourth-order valence-electron chi connectivity index (χ4n) is 3.01. The minimum atomic E-state index is -4.73. The lowest BCUT2D eigenvalue weighted by molar-refractivity contribution is -0.228. The topological polar surface area (TPSA) is 40.5 Å². The number of alkyl halides is 3. The van der Waals surface area contributed by atoms with Crippen LogP contribution in [0.5, 0.6) is 0 Å². The minimum absolute atomic E-state index is 0.138. The molecule has 2 unspecified atom stereocenters. The average Bonchev–Trinajstić information content (AvgIpc) is 2.87. The fraction of sp³-hybridized carbons (Fsp3) is 0.533. The number of nitrogens with zero attached hydrogens (tertiary/aromatic N) is 1. The first-order valence-electron chi connectivity index (χ1n) is 6.91. The van der Waals surface area contributed by atoms with E-state index < -0.39 is 30.5 Å². The number of halogens is 3. The third-order valence-corrected chi connectivity index (χ3v) is 4.26. The highest BCUT2D eigenvalue weighted by atomic mass is 19.4. The monoisotopic (exact) mass is 301 g/mol. The Labute approximate surface area is 121 Å². The minimum Gasteiger partial charge on any atom is -0.481 e. The Morgan fingerprint density at radius 3 is 2.43 bits per heavy atom. The third kappa shape index (κ3) is 2.77. The van der Waals surface area contributed by atoms with Gasteiger partial charge in [0, 0.05) is 19.1 Å². The summed E-state index contributed by atoms with van der Waals surface area (Å²) < 4.78 is 39.6. The first-order chi connectivity index (χ1) is 9.82. The summed E-state index contributed by atoms with van der Waals surface area (Å²) in [5, 5.41) is 9.10. The molecule has 0 aliphatic carbocycles. The van der Waals surface area contributed by atoms with Crippen molar-refractivity contribution in [3.8, 4) is 0 Å². The highest BCUT2D eigenvalue weighted by Crippen LogP contribution is 2.47. The Morgan fingerprint density at radius 2 is 2.00 bits per heavy atom. The van der Waals surface area contributed by atoms with Crippen molar-refractivity contribution >= 4 is 5.97 Å². The number of hydrogen-bond donors (Lipinski definition) is 1. The number of likely N-dealkylation sites (tertiary alicyclic amines) is 1. The van der Waals surface area contributed by atoms with Gasteiger partial charge in [0.05, 0.1) is 0 Å². The van der Waals surface area contributed by atoms with Crippen LogP contribution >= 0.6 is 0 Å². The Hall–Kier alpha value is -1.56. The van der Waals surface area contributed by atoms with Crippen LogP contribution < -0.4 is 0 Å². The molecule has 0 aromatic heterocycles. The summed E-state index contributed by atoms with van der Waals surface area (Å²) >= 11 is 0. The van der Waals surface area contributed by atoms with E-state index in [0.717, 1.165) is 5.56 Å². The third-order valence-electron chi connectivity index (χ3n) is 4.26. The van der Waals surface area contributed by atoms with Gasteiger partial charge in [-0.2, -0.15) is 13.2 Å². The van der Waals surface area contributed by atoms with Crippen molar-refractivity contribution in [2.75, 3.05) is 13.1 Å². The van der Waals surface area contributed by atoms with Gasteiger partial charge < -0.3 is 5.11 Å². The quantitative estimate of drug-likeness (QED) is 0.925. The van der Waals surface area contributed by atoms with Crippen LogP contribution in [0.1, 0.15) is 31.4 Å². The smallest absolute Gasteiger partial charge is 0.406 e. The largest absolute Gasteiger partial charge is 0.481 e. The molecule has 1 aromatic rings. The molecule has 1 aliphatic rings. The van der Waals surface area contributed by atoms with E-state index in [4.69, 9.17) is 5.11 Å². The van der Waals surface area contributed by atoms with Gasteiger partial charge in [-0.3, -0.25) is 9.69 Å². The molecule has 1 N–H and O–H groups in total. The molecule has 0 radical (unpaired) electrons. The number of carboxylic acid groups (broad SMARTS) is 1. The number of aliphatic carboxylic acids is 1. The average molecular weight is 301 g/mol. The molecule has 0 amide bonds. The number of hydrogen-bond acceptors (Lipinski definition) is 2. The fourth-order valence-corrected chi connectivity index (χ4v) is 3.01. The van der Waals surface area contributed by atoms with E-state index in [2.05, 4.69) is 0 Å². The maximum Gasteiger partial charge on any atom is 0.406 e. The Bertz CT molecular complexity index is 503. The van der Waals surface area contributed by atoms with Crippen LogP contribution in [0.3, 0.4) is 0 Å². The normalized spacial score (nSPS) is 25.0. The van der Waals surface area contributed by atoms with E-state index in [1.54, 1.807) is 4.90 Å². The Morgan fingerprint density at radius 1 is 1.38 bits per heavy atom. The van der Waals surface area contributed by atoms with Crippen molar-refractivity contribution in [2.45, 2.75) is 32.0 Å². The molecule has 0 bridgehead atoms. The van der Waals surface area contributed by atoms with E-state index in [1.807, 2.05) is 37.3 Å². The summed E-state index contributed by atoms with van der Waals surface area (Å²) in [5.74, 6) is -1.78. The molecule has 0 saturated carbocycles. The van der Waals surface area contributed by atoms with Crippen LogP contribution in [-0.2, 0) is 4.79 Å². The number of carbonyl (C=O) groups is 1. The SMILES string of the molecule is CCC(c1ccccc1)N1CCC(C(=O)O)(C(F)(F)F)C1. The van der Waals surface area contributed by atoms with Crippen LogP contribution in [0.15, 0.2) is 30.3 Å². The molecule has 2 atom stereocenters. The number of rotatable bonds is 4. The first-order valence-corrected chi connectivity index (χ1v) is 6.91. The maximum absolute atomic E-state index is 13.2. The standard InChI is InChI=1S/C15H18F3NO2/c1-2-12(11-6-4-3-5-7-11)19-9-8-14(10-19,13(20)21)15(16,17)18/h3-7,12H,2,8-10H2,1H3,(H,20,21). The van der Waals surface area contributed by atoms with Crippen molar-refractivity contribution in [1.29, 1.82) is 0 Å². The van der Waals surface area contributed by atoms with E-state index in [0.29, 0.717) is 6.42 Å². The van der Waals surface area contributed by atoms with E-state index >= 15 is 0 Å². The molecule has 2 rings (SSSR count). The molecule has 0 spiro atoms. The van der Waals surface area contributed by atoms with Crippen molar-refractivity contribution in [3.63, 3.8) is 0 Å². The van der Waals surface area contributed by atoms with E-state index in [9.17, 15) is 18.0 Å². The molecule has 1 aromatic carbocycles. The summed E-state index contributed by atoms with van der Waals surface area (Å²) in [6.07, 6.45) is -4.49. The summed E-state index contributed by atoms with van der Waals surface area (Å²) in [6, 6.07) is 9.06. The zero-order valence-corrected chi connectivity index (χ0v) is 11.7. The molecule has 116 valence electrons. The lowest BCUT2D eigenvalue weighted by atomic mass is 9.86. The van der Waals surface area contributed by atoms with Crippen molar-refractivity contribution in [3.05, 3.63) is 35.9 Å². The highest BCUT2D eigenvalue weighted by molar-refractivity contribution is 5.76. The summed E-state index contributed by atoms with van der Waals surface area (Å²) in [6.45, 7) is 1.55. The van der Waals surface area contributed by atoms with Crippen molar-refractivity contribution in [2.24, 2.45) is 5.41 Å². The lowest BCUT2D eigenvalue weighted by Crippen LogP contribution is -2.47. The van der Waals surface area contributed by atoms with Gasteiger partial charge in [-0.15, -0.1) is 0 Å². The van der Waals surface area contributed by atoms with Gasteiger partial charge in [-0.25, -0.2) is 0 Å². The second-order valence-corrected chi connectivity index (χ2v) is 5.44. The zero-order valence-electron chi connectivity index (χ0n) is 11.7. The summed E-state index contributed by atoms with van der Waals surface area (Å²) in [5.41, 5.74) is -1.72. The molecule has 1 fully saturated rings. The number of carboxylic acids is 1. The predicted octanol–water partition coefficient (Wildman–Crippen LogP) is 3.48. The van der Waals surface area contributed by atoms with Crippen LogP contribution in [0, 0.1) is 5.41 Å². The molecular formula is C15H18F3NO2. The van der Waals surface area contributed by atoms with Crippen molar-refractivity contribution < 1.29 is 23.1 Å². The summed E-state index contributed by atoms with van der Waals surface area (Å²) in [4.78, 5) is 12.9. The second kappa shape index (κ2) is 5.67. The van der Waals surface area contributed by atoms with Crippen LogP contribution in [0.2, 0.25) is 0 Å². The first kappa shape index (κ1) is 15.8. The number of benzene rings is 1. The van der Waals surface area contributed by atoms with Gasteiger partial charge in [0.1, 0.15) is 0 Å². The van der Waals surface area contributed by atoms with Crippen LogP contribution in [0.4, 0.5) is 13.2 Å². The van der Waals surface area contributed by atoms with Gasteiger partial charge in [0.2, 0.25) is 0 Å². The Balaban J connectivity index is 2.26. The molecule has 1 aliphatic heterocycles. The second-order valence-electron chi connectivity index (χ2n) is 5.44. The summed E-state index contributed by atoms with van der Waals surface area (Å²) in [7, 11) is 0. The van der Waals surface area contributed by atoms with Gasteiger partial charge in [0.15, 0.2) is 5.41 Å². The van der Waals surface area contributed by atoms with Crippen molar-refractivity contribution in [1.82, 2.24) is 4.90 Å². The van der Waals surface area contributed by atoms with E-state index in [1.165, 1.54) is 0 Å². The maximum atomic E-state index is 13.2. The van der Waals surface area contributed by atoms with Gasteiger partial charge in [-0.1, -0.05) is 37.3 Å². The predicted molar refractivity (Wildman–Crippen MR) is 71.8 cm³/mol. The van der Waals surface area contributed by atoms with Gasteiger partial charge in [0.25, 0.3) is 0 Å². The van der Waals surface area contributed by atoms with E-state index in [-0.39, 0.29) is 12.6 Å². The zero-order chi connectivity index (χ0) is 15.7. The molecular weight excluding hydrogens is 283 g/mol. The molecule has 6 heteroatoms. The van der Waals surface area contributed by atoms with Gasteiger partial charge >= 0.3 is 12.1 Å². The van der Waals surface area contributed by atoms with Gasteiger partial charge in [-0.05, 0) is 18.4 Å². The lowest BCUT2D eigenvalue weighted by Gasteiger charge is -2.31. The Kier molecular flexibility index (Phi) is 4.27. The highest BCUT2D eigenvalue weighted by Gasteiger charge is 2.64. The molecule has 1 heterocycles. The molecule has 3 nitrogen and oxygen atoms in total. The van der Waals surface area contributed by atoms with Crippen LogP contribution in [0.25, 0.3) is 0 Å². The molecule has 21 heavy (non-hydrogen) atoms. The molecule has 1 saturated heterocycles. The van der Waals surface area contributed by atoms with Crippen LogP contribution in [-0.4, -0.2) is 35.2 Å².